The highest BCUT2D eigenvalue weighted by Gasteiger charge is 2.17. The molecule has 13 heavy (non-hydrogen) atoms. The van der Waals surface area contributed by atoms with Gasteiger partial charge in [0.2, 0.25) is 0 Å². The van der Waals surface area contributed by atoms with Gasteiger partial charge in [-0.25, -0.2) is 4.79 Å². The average Bonchev–Trinajstić information content (AvgIpc) is 2.46. The van der Waals surface area contributed by atoms with E-state index in [-0.39, 0.29) is 0 Å². The van der Waals surface area contributed by atoms with Crippen LogP contribution >= 0.6 is 11.6 Å². The van der Waals surface area contributed by atoms with Gasteiger partial charge in [0, 0.05) is 6.20 Å². The minimum atomic E-state index is -0.433. The zero-order chi connectivity index (χ0) is 10.0. The van der Waals surface area contributed by atoms with E-state index in [1.165, 1.54) is 7.11 Å². The van der Waals surface area contributed by atoms with Crippen molar-refractivity contribution < 1.29 is 9.53 Å². The molecule has 0 fully saturated rings. The Morgan fingerprint density at radius 2 is 2.23 bits per heavy atom. The molecule has 0 bridgehead atoms. The molecular weight excluding hydrogens is 190 g/mol. The van der Waals surface area contributed by atoms with Gasteiger partial charge in [-0.15, -0.1) is 0 Å². The molecule has 1 heterocycles. The molecule has 0 aliphatic heterocycles. The first-order valence-electron chi connectivity index (χ1n) is 4.03. The smallest absolute Gasteiger partial charge is 0.356 e. The van der Waals surface area contributed by atoms with Gasteiger partial charge in [0.25, 0.3) is 0 Å². The van der Waals surface area contributed by atoms with Crippen LogP contribution in [0.5, 0.6) is 0 Å². The van der Waals surface area contributed by atoms with E-state index in [4.69, 9.17) is 11.6 Å². The third kappa shape index (κ3) is 1.86. The van der Waals surface area contributed by atoms with E-state index in [1.54, 1.807) is 6.20 Å². The molecule has 0 aromatic carbocycles. The second-order valence-electron chi connectivity index (χ2n) is 3.08. The summed E-state index contributed by atoms with van der Waals surface area (Å²) in [5.74, 6) is -0.140. The van der Waals surface area contributed by atoms with Gasteiger partial charge in [0.05, 0.1) is 12.1 Å². The van der Waals surface area contributed by atoms with Crippen LogP contribution in [0.1, 0.15) is 35.8 Å². The van der Waals surface area contributed by atoms with Crippen molar-refractivity contribution in [2.45, 2.75) is 19.8 Å². The maximum atomic E-state index is 11.1. The van der Waals surface area contributed by atoms with E-state index in [0.717, 1.165) is 5.56 Å². The van der Waals surface area contributed by atoms with Crippen molar-refractivity contribution in [2.24, 2.45) is 0 Å². The average molecular weight is 202 g/mol. The van der Waals surface area contributed by atoms with Gasteiger partial charge in [-0.1, -0.05) is 25.4 Å². The molecule has 3 nitrogen and oxygen atoms in total. The first kappa shape index (κ1) is 10.1. The Morgan fingerprint density at radius 1 is 1.62 bits per heavy atom. The number of ether oxygens (including phenoxy) is 1. The Labute approximate surface area is 82.0 Å². The Hall–Kier alpha value is -0.960. The van der Waals surface area contributed by atoms with E-state index in [9.17, 15) is 4.79 Å². The molecule has 72 valence electrons. The molecular formula is C9H12ClNO2. The number of esters is 1. The molecule has 4 heteroatoms. The molecule has 1 N–H and O–H groups in total. The lowest BCUT2D eigenvalue weighted by molar-refractivity contribution is 0.0595. The van der Waals surface area contributed by atoms with Crippen LogP contribution in [0, 0.1) is 0 Å². The number of carbonyl (C=O) groups excluding carboxylic acids is 1. The molecule has 0 spiro atoms. The zero-order valence-electron chi connectivity index (χ0n) is 7.85. The number of H-pyrrole nitrogens is 1. The molecule has 0 aliphatic rings. The number of aromatic amines is 1. The lowest BCUT2D eigenvalue weighted by Crippen LogP contribution is -2.02. The van der Waals surface area contributed by atoms with Gasteiger partial charge in [0.1, 0.15) is 5.69 Å². The molecule has 0 amide bonds. The number of rotatable bonds is 2. The summed E-state index contributed by atoms with van der Waals surface area (Å²) in [6.07, 6.45) is 1.74. The van der Waals surface area contributed by atoms with Crippen molar-refractivity contribution in [1.82, 2.24) is 4.98 Å². The van der Waals surface area contributed by atoms with Gasteiger partial charge in [0.15, 0.2) is 0 Å². The van der Waals surface area contributed by atoms with Crippen LogP contribution in [0.4, 0.5) is 0 Å². The largest absolute Gasteiger partial charge is 0.464 e. The number of halogens is 1. The Morgan fingerprint density at radius 3 is 2.62 bits per heavy atom. The van der Waals surface area contributed by atoms with Crippen molar-refractivity contribution in [3.05, 3.63) is 22.5 Å². The number of methoxy groups -OCH3 is 1. The van der Waals surface area contributed by atoms with E-state index < -0.39 is 5.97 Å². The molecule has 0 saturated carbocycles. The summed E-state index contributed by atoms with van der Waals surface area (Å²) < 4.78 is 4.56. The molecule has 0 atom stereocenters. The Balaban J connectivity index is 3.06. The fourth-order valence-electron chi connectivity index (χ4n) is 1.09. The van der Waals surface area contributed by atoms with Crippen molar-refractivity contribution in [1.29, 1.82) is 0 Å². The fourth-order valence-corrected chi connectivity index (χ4v) is 1.50. The highest BCUT2D eigenvalue weighted by molar-refractivity contribution is 6.34. The maximum Gasteiger partial charge on any atom is 0.356 e. The summed E-state index contributed by atoms with van der Waals surface area (Å²) in [6, 6.07) is 0. The maximum absolute atomic E-state index is 11.1. The number of nitrogens with one attached hydrogen (secondary N) is 1. The van der Waals surface area contributed by atoms with Crippen LogP contribution in [0.2, 0.25) is 5.02 Å². The third-order valence-electron chi connectivity index (χ3n) is 1.86. The number of carbonyl (C=O) groups is 1. The Kier molecular flexibility index (Phi) is 2.98. The van der Waals surface area contributed by atoms with E-state index in [0.29, 0.717) is 16.6 Å². The van der Waals surface area contributed by atoms with Gasteiger partial charge in [-0.2, -0.15) is 0 Å². The Bertz CT molecular complexity index is 317. The lowest BCUT2D eigenvalue weighted by atomic mass is 10.1. The van der Waals surface area contributed by atoms with E-state index >= 15 is 0 Å². The first-order valence-corrected chi connectivity index (χ1v) is 4.40. The van der Waals surface area contributed by atoms with Crippen molar-refractivity contribution in [3.63, 3.8) is 0 Å². The van der Waals surface area contributed by atoms with Crippen molar-refractivity contribution in [3.8, 4) is 0 Å². The number of hydrogen-bond donors (Lipinski definition) is 1. The summed E-state index contributed by atoms with van der Waals surface area (Å²) in [6.45, 7) is 4.02. The van der Waals surface area contributed by atoms with Crippen LogP contribution < -0.4 is 0 Å². The summed E-state index contributed by atoms with van der Waals surface area (Å²) in [5, 5.41) is 0.460. The summed E-state index contributed by atoms with van der Waals surface area (Å²) >= 11 is 5.96. The van der Waals surface area contributed by atoms with Gasteiger partial charge in [-0.05, 0) is 11.5 Å². The molecule has 0 saturated heterocycles. The number of aromatic nitrogens is 1. The first-order chi connectivity index (χ1) is 6.07. The van der Waals surface area contributed by atoms with Crippen LogP contribution in [-0.4, -0.2) is 18.1 Å². The normalized spacial score (nSPS) is 10.5. The van der Waals surface area contributed by atoms with E-state index in [2.05, 4.69) is 9.72 Å². The summed E-state index contributed by atoms with van der Waals surface area (Å²) in [5.41, 5.74) is 1.26. The van der Waals surface area contributed by atoms with Crippen molar-refractivity contribution >= 4 is 17.6 Å². The SMILES string of the molecule is COC(=O)c1[nH]cc(C(C)C)c1Cl. The summed E-state index contributed by atoms with van der Waals surface area (Å²) in [4.78, 5) is 13.9. The van der Waals surface area contributed by atoms with Gasteiger partial charge < -0.3 is 9.72 Å². The molecule has 1 aromatic rings. The highest BCUT2D eigenvalue weighted by atomic mass is 35.5. The predicted molar refractivity (Wildman–Crippen MR) is 51.2 cm³/mol. The van der Waals surface area contributed by atoms with Gasteiger partial charge >= 0.3 is 5.97 Å². The third-order valence-corrected chi connectivity index (χ3v) is 2.26. The van der Waals surface area contributed by atoms with E-state index in [1.807, 2.05) is 13.8 Å². The minimum Gasteiger partial charge on any atom is -0.464 e. The molecule has 1 rings (SSSR count). The van der Waals surface area contributed by atoms with Crippen LogP contribution in [0.25, 0.3) is 0 Å². The minimum absolute atomic E-state index is 0.294. The highest BCUT2D eigenvalue weighted by Crippen LogP contribution is 2.27. The fraction of sp³-hybridized carbons (Fsp3) is 0.444. The van der Waals surface area contributed by atoms with Crippen molar-refractivity contribution in [2.75, 3.05) is 7.11 Å². The molecule has 0 aliphatic carbocycles. The summed E-state index contributed by atoms with van der Waals surface area (Å²) in [7, 11) is 1.33. The topological polar surface area (TPSA) is 42.1 Å². The second kappa shape index (κ2) is 3.83. The molecule has 0 radical (unpaired) electrons. The van der Waals surface area contributed by atoms with Crippen LogP contribution in [0.15, 0.2) is 6.20 Å². The second-order valence-corrected chi connectivity index (χ2v) is 3.46. The quantitative estimate of drug-likeness (QED) is 0.748. The van der Waals surface area contributed by atoms with Gasteiger partial charge in [-0.3, -0.25) is 0 Å². The van der Waals surface area contributed by atoms with Crippen LogP contribution in [-0.2, 0) is 4.74 Å². The standard InChI is InChI=1S/C9H12ClNO2/c1-5(2)6-4-11-8(7(6)10)9(12)13-3/h4-5,11H,1-3H3. The predicted octanol–water partition coefficient (Wildman–Crippen LogP) is 2.58. The van der Waals surface area contributed by atoms with Crippen LogP contribution in [0.3, 0.4) is 0 Å². The monoisotopic (exact) mass is 201 g/mol. The molecule has 0 unspecified atom stereocenters. The zero-order valence-corrected chi connectivity index (χ0v) is 8.61. The number of hydrogen-bond acceptors (Lipinski definition) is 2. The molecule has 1 aromatic heterocycles. The lowest BCUT2D eigenvalue weighted by Gasteiger charge is -2.01.